The van der Waals surface area contributed by atoms with Gasteiger partial charge in [0.2, 0.25) is 0 Å². The quantitative estimate of drug-likeness (QED) is 0.845. The number of hydrogen-bond acceptors (Lipinski definition) is 3. The Morgan fingerprint density at radius 1 is 1.23 bits per heavy atom. The SMILES string of the molecule is CC(C)(C)c1ccc(-c2ccc(CN3C[C@@H](F)C[C@H]3CC(=O)O)o2)cc1. The largest absolute Gasteiger partial charge is 0.481 e. The Hall–Kier alpha value is -2.14. The molecule has 1 aliphatic rings. The molecule has 1 aromatic carbocycles. The third kappa shape index (κ3) is 4.33. The highest BCUT2D eigenvalue weighted by molar-refractivity contribution is 5.67. The molecule has 0 radical (unpaired) electrons. The Bertz CT molecular complexity index is 760. The van der Waals surface area contributed by atoms with Crippen LogP contribution in [0.2, 0.25) is 0 Å². The summed E-state index contributed by atoms with van der Waals surface area (Å²) in [4.78, 5) is 12.8. The Labute approximate surface area is 153 Å². The van der Waals surface area contributed by atoms with Crippen molar-refractivity contribution < 1.29 is 18.7 Å². The summed E-state index contributed by atoms with van der Waals surface area (Å²) < 4.78 is 19.7. The Morgan fingerprint density at radius 2 is 1.92 bits per heavy atom. The monoisotopic (exact) mass is 359 g/mol. The van der Waals surface area contributed by atoms with E-state index >= 15 is 0 Å². The van der Waals surface area contributed by atoms with Crippen LogP contribution in [-0.4, -0.2) is 34.7 Å². The van der Waals surface area contributed by atoms with Crippen LogP contribution in [0.5, 0.6) is 0 Å². The molecule has 0 unspecified atom stereocenters. The molecule has 1 aromatic heterocycles. The van der Waals surface area contributed by atoms with E-state index in [1.807, 2.05) is 29.2 Å². The third-order valence-electron chi connectivity index (χ3n) is 4.94. The van der Waals surface area contributed by atoms with Gasteiger partial charge in [0.15, 0.2) is 0 Å². The first-order valence-corrected chi connectivity index (χ1v) is 9.02. The van der Waals surface area contributed by atoms with Crippen LogP contribution in [0.4, 0.5) is 4.39 Å². The summed E-state index contributed by atoms with van der Waals surface area (Å²) >= 11 is 0. The fourth-order valence-corrected chi connectivity index (χ4v) is 3.48. The van der Waals surface area contributed by atoms with Gasteiger partial charge >= 0.3 is 5.97 Å². The molecule has 2 aromatic rings. The standard InChI is InChI=1S/C21H26FNO3/c1-21(2,3)15-6-4-14(5-7-15)19-9-8-18(26-19)13-23-12-16(22)10-17(23)11-20(24)25/h4-9,16-17H,10-13H2,1-3H3,(H,24,25)/t16-,17-/m0/s1. The minimum absolute atomic E-state index is 0.0394. The van der Waals surface area contributed by atoms with Crippen LogP contribution >= 0.6 is 0 Å². The van der Waals surface area contributed by atoms with Gasteiger partial charge in [-0.2, -0.15) is 0 Å². The molecule has 1 N–H and O–H groups in total. The molecular formula is C21H26FNO3. The average Bonchev–Trinajstić information content (AvgIpc) is 3.13. The lowest BCUT2D eigenvalue weighted by Gasteiger charge is -2.21. The van der Waals surface area contributed by atoms with Gasteiger partial charge in [-0.1, -0.05) is 45.0 Å². The van der Waals surface area contributed by atoms with E-state index in [4.69, 9.17) is 9.52 Å². The van der Waals surface area contributed by atoms with Crippen molar-refractivity contribution in [2.45, 2.75) is 57.8 Å². The predicted octanol–water partition coefficient (Wildman–Crippen LogP) is 4.63. The highest BCUT2D eigenvalue weighted by Crippen LogP contribution is 2.29. The van der Waals surface area contributed by atoms with Crippen LogP contribution in [0.25, 0.3) is 11.3 Å². The van der Waals surface area contributed by atoms with Crippen LogP contribution < -0.4 is 0 Å². The number of alkyl halides is 1. The van der Waals surface area contributed by atoms with Crippen LogP contribution in [0.3, 0.4) is 0 Å². The first-order chi connectivity index (χ1) is 12.2. The molecular weight excluding hydrogens is 333 g/mol. The lowest BCUT2D eigenvalue weighted by molar-refractivity contribution is -0.138. The summed E-state index contributed by atoms with van der Waals surface area (Å²) in [5.41, 5.74) is 2.36. The van der Waals surface area contributed by atoms with Crippen molar-refractivity contribution in [1.82, 2.24) is 4.90 Å². The van der Waals surface area contributed by atoms with Gasteiger partial charge in [0, 0.05) is 18.2 Å². The van der Waals surface area contributed by atoms with Crippen LogP contribution in [-0.2, 0) is 16.8 Å². The average molecular weight is 359 g/mol. The summed E-state index contributed by atoms with van der Waals surface area (Å²) in [5, 5.41) is 9.00. The molecule has 0 spiro atoms. The Morgan fingerprint density at radius 3 is 2.54 bits per heavy atom. The number of furan rings is 1. The molecule has 26 heavy (non-hydrogen) atoms. The second-order valence-electron chi connectivity index (χ2n) is 8.11. The van der Waals surface area contributed by atoms with E-state index in [2.05, 4.69) is 32.9 Å². The van der Waals surface area contributed by atoms with Gasteiger partial charge < -0.3 is 9.52 Å². The van der Waals surface area contributed by atoms with E-state index in [-0.39, 0.29) is 30.8 Å². The van der Waals surface area contributed by atoms with Crippen LogP contribution in [0, 0.1) is 0 Å². The van der Waals surface area contributed by atoms with Crippen molar-refractivity contribution in [3.63, 3.8) is 0 Å². The maximum Gasteiger partial charge on any atom is 0.304 e. The maximum atomic E-state index is 13.7. The number of carboxylic acids is 1. The highest BCUT2D eigenvalue weighted by atomic mass is 19.1. The zero-order chi connectivity index (χ0) is 18.9. The number of likely N-dealkylation sites (tertiary alicyclic amines) is 1. The predicted molar refractivity (Wildman–Crippen MR) is 98.8 cm³/mol. The molecule has 1 saturated heterocycles. The van der Waals surface area contributed by atoms with Crippen molar-refractivity contribution in [3.05, 3.63) is 47.7 Å². The summed E-state index contributed by atoms with van der Waals surface area (Å²) in [6.45, 7) is 7.21. The molecule has 0 amide bonds. The molecule has 4 nitrogen and oxygen atoms in total. The lowest BCUT2D eigenvalue weighted by Crippen LogP contribution is -2.30. The normalized spacial score (nSPS) is 21.2. The van der Waals surface area contributed by atoms with Crippen molar-refractivity contribution in [3.8, 4) is 11.3 Å². The van der Waals surface area contributed by atoms with E-state index in [9.17, 15) is 9.18 Å². The van der Waals surface area contributed by atoms with Crippen LogP contribution in [0.15, 0.2) is 40.8 Å². The van der Waals surface area contributed by atoms with Gasteiger partial charge in [-0.3, -0.25) is 9.69 Å². The van der Waals surface area contributed by atoms with Crippen molar-refractivity contribution >= 4 is 5.97 Å². The van der Waals surface area contributed by atoms with Gasteiger partial charge in [0.05, 0.1) is 13.0 Å². The second kappa shape index (κ2) is 7.23. The number of carboxylic acid groups (broad SMARTS) is 1. The molecule has 5 heteroatoms. The zero-order valence-electron chi connectivity index (χ0n) is 15.5. The molecule has 1 aliphatic heterocycles. The molecule has 2 atom stereocenters. The van der Waals surface area contributed by atoms with E-state index in [1.54, 1.807) is 0 Å². The number of hydrogen-bond donors (Lipinski definition) is 1. The molecule has 1 fully saturated rings. The molecule has 0 saturated carbocycles. The van der Waals surface area contributed by atoms with Crippen molar-refractivity contribution in [2.24, 2.45) is 0 Å². The highest BCUT2D eigenvalue weighted by Gasteiger charge is 2.33. The van der Waals surface area contributed by atoms with E-state index in [0.717, 1.165) is 17.1 Å². The molecule has 140 valence electrons. The first-order valence-electron chi connectivity index (χ1n) is 9.02. The number of nitrogens with zero attached hydrogens (tertiary/aromatic N) is 1. The van der Waals surface area contributed by atoms with Crippen LogP contribution in [0.1, 0.15) is 44.9 Å². The smallest absolute Gasteiger partial charge is 0.304 e. The van der Waals surface area contributed by atoms with E-state index in [1.165, 1.54) is 5.56 Å². The number of halogens is 1. The van der Waals surface area contributed by atoms with E-state index in [0.29, 0.717) is 6.54 Å². The fourth-order valence-electron chi connectivity index (χ4n) is 3.48. The molecule has 2 heterocycles. The topological polar surface area (TPSA) is 53.7 Å². The zero-order valence-corrected chi connectivity index (χ0v) is 15.5. The third-order valence-corrected chi connectivity index (χ3v) is 4.94. The Balaban J connectivity index is 1.70. The van der Waals surface area contributed by atoms with Crippen molar-refractivity contribution in [2.75, 3.05) is 6.54 Å². The van der Waals surface area contributed by atoms with Gasteiger partial charge in [0.1, 0.15) is 17.7 Å². The van der Waals surface area contributed by atoms with Gasteiger partial charge in [-0.25, -0.2) is 4.39 Å². The summed E-state index contributed by atoms with van der Waals surface area (Å²) in [5.74, 6) is 0.601. The van der Waals surface area contributed by atoms with Gasteiger partial charge in [-0.15, -0.1) is 0 Å². The molecule has 0 aliphatic carbocycles. The minimum Gasteiger partial charge on any atom is -0.481 e. The molecule has 0 bridgehead atoms. The fraction of sp³-hybridized carbons (Fsp3) is 0.476. The molecule has 3 rings (SSSR count). The van der Waals surface area contributed by atoms with Gasteiger partial charge in [-0.05, 0) is 29.5 Å². The first kappa shape index (κ1) is 18.6. The lowest BCUT2D eigenvalue weighted by atomic mass is 9.86. The Kier molecular flexibility index (Phi) is 5.19. The number of rotatable bonds is 5. The maximum absolute atomic E-state index is 13.7. The number of benzene rings is 1. The van der Waals surface area contributed by atoms with E-state index < -0.39 is 12.1 Å². The van der Waals surface area contributed by atoms with Crippen molar-refractivity contribution in [1.29, 1.82) is 0 Å². The summed E-state index contributed by atoms with van der Waals surface area (Å²) in [6, 6.07) is 11.8. The summed E-state index contributed by atoms with van der Waals surface area (Å²) in [6.07, 6.45) is -0.741. The second-order valence-corrected chi connectivity index (χ2v) is 8.11. The summed E-state index contributed by atoms with van der Waals surface area (Å²) in [7, 11) is 0. The number of aliphatic carboxylic acids is 1. The van der Waals surface area contributed by atoms with Gasteiger partial charge in [0.25, 0.3) is 0 Å². The number of carbonyl (C=O) groups is 1. The minimum atomic E-state index is -0.973.